The van der Waals surface area contributed by atoms with Crippen LogP contribution < -0.4 is 4.90 Å². The molecule has 24 heavy (non-hydrogen) atoms. The number of halogens is 1. The van der Waals surface area contributed by atoms with Gasteiger partial charge in [0, 0.05) is 25.7 Å². The van der Waals surface area contributed by atoms with E-state index in [2.05, 4.69) is 6.07 Å². The van der Waals surface area contributed by atoms with Gasteiger partial charge in [0.15, 0.2) is 0 Å². The summed E-state index contributed by atoms with van der Waals surface area (Å²) in [5.74, 6) is -0.518. The molecule has 0 unspecified atom stereocenters. The fourth-order valence-corrected chi connectivity index (χ4v) is 3.60. The van der Waals surface area contributed by atoms with Crippen molar-refractivity contribution in [3.8, 4) is 0 Å². The minimum Gasteiger partial charge on any atom is -0.444 e. The molecule has 2 aliphatic heterocycles. The Balaban J connectivity index is 1.84. The molecule has 0 saturated carbocycles. The highest BCUT2D eigenvalue weighted by molar-refractivity contribution is 6.08. The zero-order chi connectivity index (χ0) is 17.7. The lowest BCUT2D eigenvalue weighted by Crippen LogP contribution is -2.50. The summed E-state index contributed by atoms with van der Waals surface area (Å²) < 4.78 is 19.8. The Kier molecular flexibility index (Phi) is 3.81. The van der Waals surface area contributed by atoms with Crippen LogP contribution >= 0.6 is 0 Å². The van der Waals surface area contributed by atoms with Crippen LogP contribution in [0.5, 0.6) is 0 Å². The van der Waals surface area contributed by atoms with Gasteiger partial charge in [0.2, 0.25) is 5.91 Å². The topological polar surface area (TPSA) is 49.9 Å². The van der Waals surface area contributed by atoms with Crippen LogP contribution in [0.4, 0.5) is 14.9 Å². The second-order valence-corrected chi connectivity index (χ2v) is 7.48. The van der Waals surface area contributed by atoms with Gasteiger partial charge in [-0.2, -0.15) is 0 Å². The summed E-state index contributed by atoms with van der Waals surface area (Å²) in [5, 5.41) is 0. The lowest BCUT2D eigenvalue weighted by Gasteiger charge is -2.38. The van der Waals surface area contributed by atoms with Crippen LogP contribution in [0.3, 0.4) is 0 Å². The predicted octanol–water partition coefficient (Wildman–Crippen LogP) is 2.87. The van der Waals surface area contributed by atoms with Crippen LogP contribution in [0, 0.1) is 11.9 Å². The van der Waals surface area contributed by atoms with Crippen molar-refractivity contribution in [2.45, 2.75) is 44.6 Å². The fourth-order valence-electron chi connectivity index (χ4n) is 3.60. The molecule has 1 aromatic carbocycles. The van der Waals surface area contributed by atoms with Crippen molar-refractivity contribution in [2.75, 3.05) is 25.0 Å². The molecule has 5 nitrogen and oxygen atoms in total. The second kappa shape index (κ2) is 5.46. The number of amides is 2. The number of nitrogens with zero attached hydrogens (tertiary/aromatic N) is 2. The Morgan fingerprint density at radius 1 is 1.29 bits per heavy atom. The number of anilines is 1. The molecule has 0 aliphatic carbocycles. The van der Waals surface area contributed by atoms with E-state index in [1.807, 2.05) is 20.8 Å². The molecule has 0 aromatic heterocycles. The van der Waals surface area contributed by atoms with Gasteiger partial charge >= 0.3 is 6.09 Å². The van der Waals surface area contributed by atoms with Crippen LogP contribution in [0.25, 0.3) is 0 Å². The Morgan fingerprint density at radius 2 is 1.92 bits per heavy atom. The number of ether oxygens (including phenoxy) is 1. The highest BCUT2D eigenvalue weighted by atomic mass is 19.1. The summed E-state index contributed by atoms with van der Waals surface area (Å²) in [6.45, 7) is 6.17. The number of hydrogen-bond acceptors (Lipinski definition) is 3. The first-order chi connectivity index (χ1) is 11.2. The standard InChI is InChI=1S/C18H22FN2O3/c1-17(2,3)24-16(23)21-10-8-18(9-11-21)14-12(19)6-5-7-13(14)20(4)15(18)22/h6-7H,8-11H2,1-4H3. The number of piperidine rings is 1. The minimum atomic E-state index is -0.887. The van der Waals surface area contributed by atoms with Crippen LogP contribution in [0.1, 0.15) is 39.2 Å². The maximum Gasteiger partial charge on any atom is 0.410 e. The molecule has 6 heteroatoms. The molecule has 1 fully saturated rings. The molecule has 1 aromatic rings. The third-order valence-corrected chi connectivity index (χ3v) is 4.75. The van der Waals surface area contributed by atoms with Crippen LogP contribution in [0.2, 0.25) is 0 Å². The summed E-state index contributed by atoms with van der Waals surface area (Å²) in [6.07, 6.45) is 0.394. The predicted molar refractivity (Wildman–Crippen MR) is 87.4 cm³/mol. The van der Waals surface area contributed by atoms with Crippen LogP contribution in [-0.4, -0.2) is 42.6 Å². The highest BCUT2D eigenvalue weighted by Gasteiger charge is 2.53. The lowest BCUT2D eigenvalue weighted by atomic mass is 9.73. The molecule has 3 rings (SSSR count). The lowest BCUT2D eigenvalue weighted by molar-refractivity contribution is -0.124. The monoisotopic (exact) mass is 333 g/mol. The van der Waals surface area contributed by atoms with Crippen molar-refractivity contribution < 1.29 is 18.7 Å². The normalized spacial score (nSPS) is 19.6. The molecule has 1 radical (unpaired) electrons. The van der Waals surface area contributed by atoms with Gasteiger partial charge in [-0.3, -0.25) is 4.79 Å². The summed E-state index contributed by atoms with van der Waals surface area (Å²) >= 11 is 0. The second-order valence-electron chi connectivity index (χ2n) is 7.48. The zero-order valence-corrected chi connectivity index (χ0v) is 14.5. The van der Waals surface area contributed by atoms with E-state index in [1.165, 1.54) is 11.0 Å². The first-order valence-electron chi connectivity index (χ1n) is 8.12. The van der Waals surface area contributed by atoms with Gasteiger partial charge in [-0.25, -0.2) is 9.18 Å². The number of carbonyl (C=O) groups is 2. The van der Waals surface area contributed by atoms with E-state index in [4.69, 9.17) is 4.74 Å². The van der Waals surface area contributed by atoms with Crippen molar-refractivity contribution in [1.82, 2.24) is 4.90 Å². The van der Waals surface area contributed by atoms with Gasteiger partial charge < -0.3 is 14.5 Å². The first-order valence-corrected chi connectivity index (χ1v) is 8.12. The number of likely N-dealkylation sites (N-methyl/N-ethyl adjacent to an activating group) is 1. The minimum absolute atomic E-state index is 0.111. The Hall–Kier alpha value is -2.11. The molecule has 2 heterocycles. The Morgan fingerprint density at radius 3 is 2.50 bits per heavy atom. The fraction of sp³-hybridized carbons (Fsp3) is 0.556. The first kappa shape index (κ1) is 16.7. The Labute approximate surface area is 141 Å². The average molecular weight is 333 g/mol. The SMILES string of the molecule is CN1C(=O)C2(CCN(C(=O)OC(C)(C)C)CC2)c2c(F)c[c]cc21. The zero-order valence-electron chi connectivity index (χ0n) is 14.5. The van der Waals surface area contributed by atoms with E-state index < -0.39 is 22.9 Å². The highest BCUT2D eigenvalue weighted by Crippen LogP contribution is 2.48. The van der Waals surface area contributed by atoms with Crippen molar-refractivity contribution >= 4 is 17.7 Å². The number of benzene rings is 1. The summed E-state index contributed by atoms with van der Waals surface area (Å²) in [5.41, 5.74) is -0.435. The molecular formula is C18H22FN2O3. The maximum atomic E-state index is 14.4. The number of carbonyl (C=O) groups excluding carboxylic acids is 2. The molecule has 0 atom stereocenters. The molecule has 1 spiro atoms. The summed E-state index contributed by atoms with van der Waals surface area (Å²) in [6, 6.07) is 5.65. The number of rotatable bonds is 0. The Bertz CT molecular complexity index is 688. The van der Waals surface area contributed by atoms with E-state index in [0.29, 0.717) is 37.2 Å². The van der Waals surface area contributed by atoms with E-state index in [1.54, 1.807) is 18.0 Å². The van der Waals surface area contributed by atoms with E-state index in [9.17, 15) is 14.0 Å². The maximum absolute atomic E-state index is 14.4. The number of hydrogen-bond donors (Lipinski definition) is 0. The molecular weight excluding hydrogens is 311 g/mol. The largest absolute Gasteiger partial charge is 0.444 e. The van der Waals surface area contributed by atoms with Crippen molar-refractivity contribution in [3.05, 3.63) is 29.6 Å². The van der Waals surface area contributed by atoms with Gasteiger partial charge in [0.1, 0.15) is 11.4 Å². The van der Waals surface area contributed by atoms with Crippen LogP contribution in [-0.2, 0) is 14.9 Å². The number of likely N-dealkylation sites (tertiary alicyclic amines) is 1. The van der Waals surface area contributed by atoms with Gasteiger partial charge in [0.05, 0.1) is 11.1 Å². The van der Waals surface area contributed by atoms with Crippen molar-refractivity contribution in [1.29, 1.82) is 0 Å². The third-order valence-electron chi connectivity index (χ3n) is 4.75. The molecule has 2 amide bonds. The smallest absolute Gasteiger partial charge is 0.410 e. The quantitative estimate of drug-likeness (QED) is 0.733. The molecule has 129 valence electrons. The van der Waals surface area contributed by atoms with Gasteiger partial charge in [-0.05, 0) is 51.8 Å². The van der Waals surface area contributed by atoms with E-state index in [0.717, 1.165) is 0 Å². The van der Waals surface area contributed by atoms with E-state index >= 15 is 0 Å². The molecule has 1 saturated heterocycles. The van der Waals surface area contributed by atoms with Gasteiger partial charge in [-0.15, -0.1) is 0 Å². The van der Waals surface area contributed by atoms with E-state index in [-0.39, 0.29) is 5.91 Å². The van der Waals surface area contributed by atoms with Crippen molar-refractivity contribution in [3.63, 3.8) is 0 Å². The number of fused-ring (bicyclic) bond motifs is 2. The van der Waals surface area contributed by atoms with Crippen molar-refractivity contribution in [2.24, 2.45) is 0 Å². The van der Waals surface area contributed by atoms with Gasteiger partial charge in [0.25, 0.3) is 0 Å². The van der Waals surface area contributed by atoms with Gasteiger partial charge in [-0.1, -0.05) is 0 Å². The molecule has 2 aliphatic rings. The average Bonchev–Trinajstić information content (AvgIpc) is 2.70. The van der Waals surface area contributed by atoms with Crippen LogP contribution in [0.15, 0.2) is 12.1 Å². The third kappa shape index (κ3) is 2.54. The summed E-state index contributed by atoms with van der Waals surface area (Å²) in [4.78, 5) is 28.1. The molecule has 0 bridgehead atoms. The molecule has 0 N–H and O–H groups in total. The summed E-state index contributed by atoms with van der Waals surface area (Å²) in [7, 11) is 1.66.